The highest BCUT2D eigenvalue weighted by molar-refractivity contribution is 9.10. The van der Waals surface area contributed by atoms with Crippen LogP contribution in [0.25, 0.3) is 10.8 Å². The van der Waals surface area contributed by atoms with Gasteiger partial charge in [0.1, 0.15) is 5.82 Å². The highest BCUT2D eigenvalue weighted by Gasteiger charge is 2.10. The molecule has 0 aliphatic rings. The summed E-state index contributed by atoms with van der Waals surface area (Å²) in [6, 6.07) is 12.3. The molecular formula is C15H10BrFN2O. The van der Waals surface area contributed by atoms with Gasteiger partial charge in [0, 0.05) is 17.6 Å². The highest BCUT2D eigenvalue weighted by Crippen LogP contribution is 2.33. The summed E-state index contributed by atoms with van der Waals surface area (Å²) in [5.74, 6) is 0.209. The Hall–Kier alpha value is -2.14. The van der Waals surface area contributed by atoms with E-state index in [4.69, 9.17) is 10.5 Å². The Morgan fingerprint density at radius 2 is 1.95 bits per heavy atom. The van der Waals surface area contributed by atoms with Gasteiger partial charge in [0.05, 0.1) is 10.2 Å². The van der Waals surface area contributed by atoms with Crippen molar-refractivity contribution in [2.75, 3.05) is 5.73 Å². The Balaban J connectivity index is 2.08. The molecule has 0 fully saturated rings. The summed E-state index contributed by atoms with van der Waals surface area (Å²) in [5.41, 5.74) is 6.17. The zero-order valence-electron chi connectivity index (χ0n) is 10.3. The fourth-order valence-electron chi connectivity index (χ4n) is 1.91. The van der Waals surface area contributed by atoms with Gasteiger partial charge in [-0.25, -0.2) is 9.37 Å². The molecule has 0 saturated heterocycles. The minimum absolute atomic E-state index is 0.245. The molecule has 3 aromatic rings. The lowest BCUT2D eigenvalue weighted by Gasteiger charge is -2.10. The van der Waals surface area contributed by atoms with E-state index >= 15 is 0 Å². The molecule has 0 aliphatic carbocycles. The Labute approximate surface area is 123 Å². The summed E-state index contributed by atoms with van der Waals surface area (Å²) in [6.45, 7) is 0. The number of nitrogens with two attached hydrogens (primary N) is 1. The molecule has 0 saturated carbocycles. The summed E-state index contributed by atoms with van der Waals surface area (Å²) in [4.78, 5) is 4.18. The minimum Gasteiger partial charge on any atom is -0.436 e. The van der Waals surface area contributed by atoms with E-state index in [9.17, 15) is 4.39 Å². The first-order chi connectivity index (χ1) is 9.65. The molecule has 0 radical (unpaired) electrons. The molecule has 5 heteroatoms. The van der Waals surface area contributed by atoms with Gasteiger partial charge in [0.25, 0.3) is 0 Å². The molecule has 0 amide bonds. The summed E-state index contributed by atoms with van der Waals surface area (Å²) in [6.07, 6.45) is 1.64. The fourth-order valence-corrected chi connectivity index (χ4v) is 2.27. The SMILES string of the molecule is Nc1cc(Br)c(F)cc1Oc1nccc2ccccc12. The Bertz CT molecular complexity index is 787. The molecule has 100 valence electrons. The third-order valence-electron chi connectivity index (χ3n) is 2.90. The number of nitrogen functional groups attached to an aromatic ring is 1. The van der Waals surface area contributed by atoms with Gasteiger partial charge in [-0.05, 0) is 39.5 Å². The van der Waals surface area contributed by atoms with Crippen LogP contribution in [0.15, 0.2) is 53.1 Å². The molecule has 0 aliphatic heterocycles. The zero-order valence-corrected chi connectivity index (χ0v) is 11.9. The lowest BCUT2D eigenvalue weighted by Crippen LogP contribution is -1.96. The maximum absolute atomic E-state index is 13.6. The molecule has 1 aromatic heterocycles. The monoisotopic (exact) mass is 332 g/mol. The van der Waals surface area contributed by atoms with Crippen LogP contribution < -0.4 is 10.5 Å². The number of halogens is 2. The third kappa shape index (κ3) is 2.32. The number of hydrogen-bond acceptors (Lipinski definition) is 3. The van der Waals surface area contributed by atoms with Crippen molar-refractivity contribution in [2.45, 2.75) is 0 Å². The highest BCUT2D eigenvalue weighted by atomic mass is 79.9. The third-order valence-corrected chi connectivity index (χ3v) is 3.50. The second-order valence-corrected chi connectivity index (χ2v) is 5.10. The molecule has 2 N–H and O–H groups in total. The molecule has 0 unspecified atom stereocenters. The number of anilines is 1. The Kier molecular flexibility index (Phi) is 3.28. The second-order valence-electron chi connectivity index (χ2n) is 4.24. The van der Waals surface area contributed by atoms with Crippen molar-refractivity contribution in [3.8, 4) is 11.6 Å². The molecule has 20 heavy (non-hydrogen) atoms. The van der Waals surface area contributed by atoms with Crippen molar-refractivity contribution in [3.05, 3.63) is 59.0 Å². The number of rotatable bonds is 2. The van der Waals surface area contributed by atoms with Crippen LogP contribution in [0.5, 0.6) is 11.6 Å². The van der Waals surface area contributed by atoms with Gasteiger partial charge in [0.15, 0.2) is 5.75 Å². The lowest BCUT2D eigenvalue weighted by atomic mass is 10.2. The van der Waals surface area contributed by atoms with Crippen molar-refractivity contribution in [2.24, 2.45) is 0 Å². The van der Waals surface area contributed by atoms with Crippen LogP contribution in [0.3, 0.4) is 0 Å². The Morgan fingerprint density at radius 1 is 1.15 bits per heavy atom. The largest absolute Gasteiger partial charge is 0.436 e. The zero-order chi connectivity index (χ0) is 14.1. The van der Waals surface area contributed by atoms with Crippen molar-refractivity contribution in [1.29, 1.82) is 0 Å². The topological polar surface area (TPSA) is 48.1 Å². The van der Waals surface area contributed by atoms with E-state index in [1.54, 1.807) is 6.20 Å². The van der Waals surface area contributed by atoms with Crippen LogP contribution in [0, 0.1) is 5.82 Å². The van der Waals surface area contributed by atoms with Crippen LogP contribution >= 0.6 is 15.9 Å². The van der Waals surface area contributed by atoms with E-state index in [1.807, 2.05) is 30.3 Å². The van der Waals surface area contributed by atoms with Crippen LogP contribution in [-0.4, -0.2) is 4.98 Å². The number of aromatic nitrogens is 1. The maximum atomic E-state index is 13.6. The average molecular weight is 333 g/mol. The predicted molar refractivity (Wildman–Crippen MR) is 80.3 cm³/mol. The van der Waals surface area contributed by atoms with E-state index < -0.39 is 5.82 Å². The number of nitrogens with zero attached hydrogens (tertiary/aromatic N) is 1. The van der Waals surface area contributed by atoms with Crippen molar-refractivity contribution < 1.29 is 9.13 Å². The van der Waals surface area contributed by atoms with Crippen molar-refractivity contribution >= 4 is 32.4 Å². The molecule has 3 nitrogen and oxygen atoms in total. The van der Waals surface area contributed by atoms with Gasteiger partial charge < -0.3 is 10.5 Å². The summed E-state index contributed by atoms with van der Waals surface area (Å²) < 4.78 is 19.5. The molecule has 0 atom stereocenters. The van der Waals surface area contributed by atoms with Crippen LogP contribution in [0.4, 0.5) is 10.1 Å². The van der Waals surface area contributed by atoms with Gasteiger partial charge in [-0.2, -0.15) is 0 Å². The minimum atomic E-state index is -0.436. The molecular weight excluding hydrogens is 323 g/mol. The Morgan fingerprint density at radius 3 is 2.80 bits per heavy atom. The van der Waals surface area contributed by atoms with Gasteiger partial charge >= 0.3 is 0 Å². The number of pyridine rings is 1. The second kappa shape index (κ2) is 5.09. The van der Waals surface area contributed by atoms with E-state index in [-0.39, 0.29) is 5.75 Å². The smallest absolute Gasteiger partial charge is 0.227 e. The first-order valence-corrected chi connectivity index (χ1v) is 6.70. The fraction of sp³-hybridized carbons (Fsp3) is 0. The molecule has 0 bridgehead atoms. The maximum Gasteiger partial charge on any atom is 0.227 e. The first-order valence-electron chi connectivity index (χ1n) is 5.91. The van der Waals surface area contributed by atoms with Crippen molar-refractivity contribution in [1.82, 2.24) is 4.98 Å². The van der Waals surface area contributed by atoms with Gasteiger partial charge in [-0.1, -0.05) is 18.2 Å². The van der Waals surface area contributed by atoms with Crippen LogP contribution in [-0.2, 0) is 0 Å². The lowest BCUT2D eigenvalue weighted by molar-refractivity contribution is 0.466. The van der Waals surface area contributed by atoms with Crippen LogP contribution in [0.2, 0.25) is 0 Å². The normalized spacial score (nSPS) is 10.7. The molecule has 2 aromatic carbocycles. The van der Waals surface area contributed by atoms with Gasteiger partial charge in [-0.15, -0.1) is 0 Å². The van der Waals surface area contributed by atoms with Gasteiger partial charge in [0.2, 0.25) is 5.88 Å². The predicted octanol–water partition coefficient (Wildman–Crippen LogP) is 4.51. The molecule has 1 heterocycles. The summed E-state index contributed by atoms with van der Waals surface area (Å²) in [5, 5.41) is 1.84. The number of ether oxygens (including phenoxy) is 1. The number of hydrogen-bond donors (Lipinski definition) is 1. The first kappa shape index (κ1) is 12.9. The number of benzene rings is 2. The van der Waals surface area contributed by atoms with E-state index in [0.29, 0.717) is 16.0 Å². The van der Waals surface area contributed by atoms with E-state index in [2.05, 4.69) is 20.9 Å². The molecule has 3 rings (SSSR count). The average Bonchev–Trinajstić information content (AvgIpc) is 2.45. The van der Waals surface area contributed by atoms with Crippen LogP contribution in [0.1, 0.15) is 0 Å². The number of fused-ring (bicyclic) bond motifs is 1. The van der Waals surface area contributed by atoms with Crippen molar-refractivity contribution in [3.63, 3.8) is 0 Å². The summed E-state index contributed by atoms with van der Waals surface area (Å²) >= 11 is 3.08. The van der Waals surface area contributed by atoms with Gasteiger partial charge in [-0.3, -0.25) is 0 Å². The molecule has 0 spiro atoms. The standard InChI is InChI=1S/C15H10BrFN2O/c16-11-7-13(18)14(8-12(11)17)20-15-10-4-2-1-3-9(10)5-6-19-15/h1-8H,18H2. The van der Waals surface area contributed by atoms with E-state index in [0.717, 1.165) is 10.8 Å². The summed E-state index contributed by atoms with van der Waals surface area (Å²) in [7, 11) is 0. The quantitative estimate of drug-likeness (QED) is 0.702. The van der Waals surface area contributed by atoms with E-state index in [1.165, 1.54) is 12.1 Å².